The second-order valence-corrected chi connectivity index (χ2v) is 5.82. The number of thiocarbonyl (C=S) groups is 1. The van der Waals surface area contributed by atoms with Crippen LogP contribution in [0.5, 0.6) is 0 Å². The van der Waals surface area contributed by atoms with Gasteiger partial charge >= 0.3 is 5.97 Å². The number of hydrogen-bond donors (Lipinski definition) is 1. The molecular formula is C15H18N2O3S. The van der Waals surface area contributed by atoms with Gasteiger partial charge in [-0.25, -0.2) is 0 Å². The van der Waals surface area contributed by atoms with Gasteiger partial charge in [-0.15, -0.1) is 0 Å². The Kier molecular flexibility index (Phi) is 4.57. The lowest BCUT2D eigenvalue weighted by molar-refractivity contribution is -0.140. The summed E-state index contributed by atoms with van der Waals surface area (Å²) in [7, 11) is 0. The number of carboxylic acid groups (broad SMARTS) is 1. The van der Waals surface area contributed by atoms with Crippen molar-refractivity contribution in [2.24, 2.45) is 5.92 Å². The predicted octanol–water partition coefficient (Wildman–Crippen LogP) is 2.12. The molecule has 1 N–H and O–H groups in total. The smallest absolute Gasteiger partial charge is 0.305 e. The maximum absolute atomic E-state index is 12.6. The molecule has 0 aromatic heterocycles. The number of carbonyl (C=O) groups excluding carboxylic acids is 1. The van der Waals surface area contributed by atoms with E-state index in [1.807, 2.05) is 32.0 Å². The molecule has 6 heteroatoms. The van der Waals surface area contributed by atoms with Crippen molar-refractivity contribution in [3.05, 3.63) is 30.3 Å². The molecule has 1 amide bonds. The van der Waals surface area contributed by atoms with E-state index in [9.17, 15) is 9.59 Å². The standard InChI is InChI=1S/C15H18N2O3S/c1-10(2)9-16-12(8-13(18)19)14(20)17(15(16)21)11-6-4-3-5-7-11/h3-7,10,12H,8-9H2,1-2H3,(H,18,19)/t12-/m0/s1. The minimum Gasteiger partial charge on any atom is -0.481 e. The van der Waals surface area contributed by atoms with Crippen LogP contribution in [0.3, 0.4) is 0 Å². The molecule has 5 nitrogen and oxygen atoms in total. The zero-order valence-electron chi connectivity index (χ0n) is 12.0. The zero-order valence-corrected chi connectivity index (χ0v) is 12.8. The molecule has 1 fully saturated rings. The largest absolute Gasteiger partial charge is 0.481 e. The van der Waals surface area contributed by atoms with Gasteiger partial charge in [0, 0.05) is 6.54 Å². The maximum Gasteiger partial charge on any atom is 0.305 e. The van der Waals surface area contributed by atoms with Crippen LogP contribution in [0.2, 0.25) is 0 Å². The molecule has 0 saturated carbocycles. The van der Waals surface area contributed by atoms with Gasteiger partial charge in [-0.05, 0) is 30.3 Å². The third-order valence-corrected chi connectivity index (χ3v) is 3.68. The molecule has 21 heavy (non-hydrogen) atoms. The van der Waals surface area contributed by atoms with E-state index in [0.29, 0.717) is 17.3 Å². The van der Waals surface area contributed by atoms with Crippen molar-refractivity contribution >= 4 is 34.9 Å². The van der Waals surface area contributed by atoms with E-state index in [4.69, 9.17) is 17.3 Å². The van der Waals surface area contributed by atoms with Gasteiger partial charge in [0.2, 0.25) is 0 Å². The molecule has 0 radical (unpaired) electrons. The Labute approximate surface area is 129 Å². The van der Waals surface area contributed by atoms with Gasteiger partial charge in [-0.3, -0.25) is 14.5 Å². The molecule has 0 aliphatic carbocycles. The minimum absolute atomic E-state index is 0.241. The molecule has 1 aromatic rings. The highest BCUT2D eigenvalue weighted by Crippen LogP contribution is 2.27. The molecule has 0 bridgehead atoms. The van der Waals surface area contributed by atoms with E-state index < -0.39 is 12.0 Å². The zero-order chi connectivity index (χ0) is 15.6. The van der Waals surface area contributed by atoms with Gasteiger partial charge in [0.15, 0.2) is 5.11 Å². The van der Waals surface area contributed by atoms with Crippen LogP contribution in [0, 0.1) is 5.92 Å². The van der Waals surface area contributed by atoms with Crippen molar-refractivity contribution in [1.29, 1.82) is 0 Å². The van der Waals surface area contributed by atoms with Gasteiger partial charge in [-0.2, -0.15) is 0 Å². The molecule has 1 saturated heterocycles. The highest BCUT2D eigenvalue weighted by Gasteiger charge is 2.44. The molecule has 1 aliphatic heterocycles. The minimum atomic E-state index is -1.00. The van der Waals surface area contributed by atoms with E-state index in [1.165, 1.54) is 4.90 Å². The lowest BCUT2D eigenvalue weighted by atomic mass is 10.1. The summed E-state index contributed by atoms with van der Waals surface area (Å²) in [4.78, 5) is 26.8. The number of para-hydroxylation sites is 1. The van der Waals surface area contributed by atoms with Crippen LogP contribution < -0.4 is 4.90 Å². The number of rotatable bonds is 5. The van der Waals surface area contributed by atoms with Gasteiger partial charge < -0.3 is 10.0 Å². The van der Waals surface area contributed by atoms with E-state index in [-0.39, 0.29) is 18.2 Å². The lowest BCUT2D eigenvalue weighted by Crippen LogP contribution is -2.39. The summed E-state index contributed by atoms with van der Waals surface area (Å²) in [5.41, 5.74) is 0.675. The Bertz CT molecular complexity index is 559. The second-order valence-electron chi connectivity index (χ2n) is 5.45. The molecule has 1 atom stereocenters. The van der Waals surface area contributed by atoms with Crippen LogP contribution in [-0.4, -0.2) is 39.6 Å². The van der Waals surface area contributed by atoms with Gasteiger partial charge in [0.1, 0.15) is 6.04 Å². The fraction of sp³-hybridized carbons (Fsp3) is 0.400. The van der Waals surface area contributed by atoms with Gasteiger partial charge in [0.05, 0.1) is 12.1 Å². The number of hydrogen-bond acceptors (Lipinski definition) is 3. The lowest BCUT2D eigenvalue weighted by Gasteiger charge is -2.25. The van der Waals surface area contributed by atoms with Gasteiger partial charge in [-0.1, -0.05) is 32.0 Å². The topological polar surface area (TPSA) is 60.9 Å². The SMILES string of the molecule is CC(C)CN1C(=S)N(c2ccccc2)C(=O)[C@@H]1CC(=O)O. The monoisotopic (exact) mass is 306 g/mol. The molecule has 1 aliphatic rings. The predicted molar refractivity (Wildman–Crippen MR) is 84.1 cm³/mol. The Hall–Kier alpha value is -1.95. The average molecular weight is 306 g/mol. The second kappa shape index (κ2) is 6.22. The number of carbonyl (C=O) groups is 2. The van der Waals surface area contributed by atoms with E-state index in [0.717, 1.165) is 0 Å². The molecular weight excluding hydrogens is 288 g/mol. The molecule has 0 spiro atoms. The van der Waals surface area contributed by atoms with Crippen LogP contribution >= 0.6 is 12.2 Å². The third-order valence-electron chi connectivity index (χ3n) is 3.26. The number of amides is 1. The third kappa shape index (κ3) is 3.21. The van der Waals surface area contributed by atoms with Crippen LogP contribution in [0.4, 0.5) is 5.69 Å². The molecule has 1 heterocycles. The van der Waals surface area contributed by atoms with Crippen LogP contribution in [0.15, 0.2) is 30.3 Å². The van der Waals surface area contributed by atoms with Crippen molar-refractivity contribution in [3.8, 4) is 0 Å². The fourth-order valence-electron chi connectivity index (χ4n) is 2.41. The van der Waals surface area contributed by atoms with Crippen molar-refractivity contribution in [2.45, 2.75) is 26.3 Å². The Morgan fingerprint density at radius 2 is 1.95 bits per heavy atom. The molecule has 112 valence electrons. The number of anilines is 1. The Morgan fingerprint density at radius 1 is 1.33 bits per heavy atom. The maximum atomic E-state index is 12.6. The number of nitrogens with zero attached hydrogens (tertiary/aromatic N) is 2. The van der Waals surface area contributed by atoms with Crippen molar-refractivity contribution in [3.63, 3.8) is 0 Å². The first-order valence-corrected chi connectivity index (χ1v) is 7.24. The van der Waals surface area contributed by atoms with E-state index in [1.54, 1.807) is 17.0 Å². The number of carboxylic acids is 1. The summed E-state index contributed by atoms with van der Waals surface area (Å²) < 4.78 is 0. The molecule has 2 rings (SSSR count). The summed E-state index contributed by atoms with van der Waals surface area (Å²) in [5.74, 6) is -0.989. The van der Waals surface area contributed by atoms with E-state index >= 15 is 0 Å². The highest BCUT2D eigenvalue weighted by atomic mass is 32.1. The fourth-order valence-corrected chi connectivity index (χ4v) is 2.81. The molecule has 1 aromatic carbocycles. The first-order valence-electron chi connectivity index (χ1n) is 6.83. The highest BCUT2D eigenvalue weighted by molar-refractivity contribution is 7.80. The van der Waals surface area contributed by atoms with E-state index in [2.05, 4.69) is 0 Å². The van der Waals surface area contributed by atoms with Crippen LogP contribution in [0.25, 0.3) is 0 Å². The van der Waals surface area contributed by atoms with Crippen molar-refractivity contribution in [2.75, 3.05) is 11.4 Å². The number of aliphatic carboxylic acids is 1. The summed E-state index contributed by atoms with van der Waals surface area (Å²) >= 11 is 5.41. The summed E-state index contributed by atoms with van der Waals surface area (Å²) in [5, 5.41) is 9.43. The average Bonchev–Trinajstić information content (AvgIpc) is 2.63. The van der Waals surface area contributed by atoms with Crippen LogP contribution in [-0.2, 0) is 9.59 Å². The van der Waals surface area contributed by atoms with Crippen LogP contribution in [0.1, 0.15) is 20.3 Å². The molecule has 0 unspecified atom stereocenters. The normalized spacial score (nSPS) is 18.7. The van der Waals surface area contributed by atoms with Crippen molar-refractivity contribution < 1.29 is 14.7 Å². The first kappa shape index (κ1) is 15.4. The first-order chi connectivity index (χ1) is 9.91. The Morgan fingerprint density at radius 3 is 2.48 bits per heavy atom. The summed E-state index contributed by atoms with van der Waals surface area (Å²) in [6.45, 7) is 4.58. The van der Waals surface area contributed by atoms with Crippen molar-refractivity contribution in [1.82, 2.24) is 4.90 Å². The quantitative estimate of drug-likeness (QED) is 0.844. The Balaban J connectivity index is 2.34. The summed E-state index contributed by atoms with van der Waals surface area (Å²) in [6, 6.07) is 8.36. The van der Waals surface area contributed by atoms with Gasteiger partial charge in [0.25, 0.3) is 5.91 Å². The number of benzene rings is 1. The summed E-state index contributed by atoms with van der Waals surface area (Å²) in [6.07, 6.45) is -0.241.